The maximum atomic E-state index is 11.8. The molecule has 4 nitrogen and oxygen atoms in total. The lowest BCUT2D eigenvalue weighted by atomic mass is 9.89. The van der Waals surface area contributed by atoms with E-state index in [0.29, 0.717) is 19.0 Å². The second-order valence-corrected chi connectivity index (χ2v) is 6.15. The molecule has 1 aliphatic carbocycles. The SMILES string of the molecule is C=CC(=O)NCCNC(=O)[C@@H]1C[C@H]1CC(C)(C)C. The quantitative estimate of drug-likeness (QED) is 0.555. The van der Waals surface area contributed by atoms with Gasteiger partial charge >= 0.3 is 0 Å². The molecule has 4 heteroatoms. The zero-order chi connectivity index (χ0) is 13.8. The van der Waals surface area contributed by atoms with Gasteiger partial charge in [-0.15, -0.1) is 0 Å². The van der Waals surface area contributed by atoms with Crippen LogP contribution < -0.4 is 10.6 Å². The van der Waals surface area contributed by atoms with Gasteiger partial charge in [0.05, 0.1) is 0 Å². The highest BCUT2D eigenvalue weighted by molar-refractivity contribution is 5.86. The number of rotatable bonds is 6. The van der Waals surface area contributed by atoms with Crippen molar-refractivity contribution in [3.8, 4) is 0 Å². The molecule has 2 amide bonds. The van der Waals surface area contributed by atoms with Crippen molar-refractivity contribution in [2.24, 2.45) is 17.3 Å². The number of carbonyl (C=O) groups excluding carboxylic acids is 2. The summed E-state index contributed by atoms with van der Waals surface area (Å²) in [4.78, 5) is 22.6. The van der Waals surface area contributed by atoms with Gasteiger partial charge in [0.1, 0.15) is 0 Å². The molecular formula is C14H24N2O2. The highest BCUT2D eigenvalue weighted by atomic mass is 16.2. The second-order valence-electron chi connectivity index (χ2n) is 6.15. The van der Waals surface area contributed by atoms with Crippen LogP contribution >= 0.6 is 0 Å². The molecule has 0 bridgehead atoms. The summed E-state index contributed by atoms with van der Waals surface area (Å²) in [6.07, 6.45) is 3.32. The lowest BCUT2D eigenvalue weighted by Gasteiger charge is -2.17. The van der Waals surface area contributed by atoms with Crippen molar-refractivity contribution in [3.05, 3.63) is 12.7 Å². The van der Waals surface area contributed by atoms with Crippen molar-refractivity contribution < 1.29 is 9.59 Å². The molecule has 0 heterocycles. The van der Waals surface area contributed by atoms with Gasteiger partial charge in [0.15, 0.2) is 0 Å². The van der Waals surface area contributed by atoms with Crippen LogP contribution in [0.25, 0.3) is 0 Å². The van der Waals surface area contributed by atoms with Gasteiger partial charge in [0, 0.05) is 19.0 Å². The van der Waals surface area contributed by atoms with Crippen LogP contribution in [0.3, 0.4) is 0 Å². The number of hydrogen-bond donors (Lipinski definition) is 2. The van der Waals surface area contributed by atoms with Gasteiger partial charge in [-0.25, -0.2) is 0 Å². The van der Waals surface area contributed by atoms with Crippen molar-refractivity contribution in [3.63, 3.8) is 0 Å². The summed E-state index contributed by atoms with van der Waals surface area (Å²) in [5, 5.41) is 5.48. The zero-order valence-corrected chi connectivity index (χ0v) is 11.6. The fourth-order valence-electron chi connectivity index (χ4n) is 2.16. The largest absolute Gasteiger partial charge is 0.354 e. The molecule has 0 aromatic heterocycles. The van der Waals surface area contributed by atoms with Gasteiger partial charge in [0.2, 0.25) is 11.8 Å². The molecular weight excluding hydrogens is 228 g/mol. The molecule has 0 aromatic carbocycles. The summed E-state index contributed by atoms with van der Waals surface area (Å²) in [5.74, 6) is 0.630. The van der Waals surface area contributed by atoms with E-state index in [4.69, 9.17) is 0 Å². The van der Waals surface area contributed by atoms with Crippen LogP contribution in [0.2, 0.25) is 0 Å². The highest BCUT2D eigenvalue weighted by Gasteiger charge is 2.44. The van der Waals surface area contributed by atoms with Gasteiger partial charge in [-0.1, -0.05) is 27.4 Å². The maximum Gasteiger partial charge on any atom is 0.243 e. The van der Waals surface area contributed by atoms with Crippen molar-refractivity contribution in [2.45, 2.75) is 33.6 Å². The minimum Gasteiger partial charge on any atom is -0.354 e. The third-order valence-electron chi connectivity index (χ3n) is 3.04. The molecule has 0 radical (unpaired) electrons. The van der Waals surface area contributed by atoms with E-state index in [2.05, 4.69) is 38.0 Å². The summed E-state index contributed by atoms with van der Waals surface area (Å²) in [5.41, 5.74) is 0.289. The van der Waals surface area contributed by atoms with Crippen LogP contribution in [-0.2, 0) is 9.59 Å². The molecule has 0 unspecified atom stereocenters. The molecule has 102 valence electrons. The Bertz CT molecular complexity index is 331. The van der Waals surface area contributed by atoms with Gasteiger partial charge < -0.3 is 10.6 Å². The molecule has 1 rings (SSSR count). The standard InChI is InChI=1S/C14H24N2O2/c1-5-12(17)15-6-7-16-13(18)11-8-10(11)9-14(2,3)4/h5,10-11H,1,6-9H2,2-4H3,(H,15,17)(H,16,18)/t10-,11+/m0/s1. The Labute approximate surface area is 109 Å². The molecule has 18 heavy (non-hydrogen) atoms. The average Bonchev–Trinajstić information content (AvgIpc) is 3.00. The minimum absolute atomic E-state index is 0.122. The normalized spacial score (nSPS) is 22.2. The Balaban J connectivity index is 2.12. The fourth-order valence-corrected chi connectivity index (χ4v) is 2.16. The van der Waals surface area contributed by atoms with Gasteiger partial charge in [-0.2, -0.15) is 0 Å². The first-order valence-corrected chi connectivity index (χ1v) is 6.51. The van der Waals surface area contributed by atoms with Crippen LogP contribution in [0, 0.1) is 17.3 Å². The summed E-state index contributed by atoms with van der Waals surface area (Å²) >= 11 is 0. The Morgan fingerprint density at radius 2 is 1.89 bits per heavy atom. The topological polar surface area (TPSA) is 58.2 Å². The summed E-state index contributed by atoms with van der Waals surface area (Å²) in [6.45, 7) is 10.9. The lowest BCUT2D eigenvalue weighted by Crippen LogP contribution is -2.35. The molecule has 0 spiro atoms. The van der Waals surface area contributed by atoms with E-state index in [1.165, 1.54) is 6.08 Å². The van der Waals surface area contributed by atoms with E-state index >= 15 is 0 Å². The summed E-state index contributed by atoms with van der Waals surface area (Å²) in [6, 6.07) is 0. The molecule has 2 atom stereocenters. The predicted octanol–water partition coefficient (Wildman–Crippen LogP) is 1.48. The van der Waals surface area contributed by atoms with E-state index in [-0.39, 0.29) is 23.1 Å². The third-order valence-corrected chi connectivity index (χ3v) is 3.04. The Morgan fingerprint density at radius 3 is 2.44 bits per heavy atom. The predicted molar refractivity (Wildman–Crippen MR) is 71.9 cm³/mol. The average molecular weight is 252 g/mol. The monoisotopic (exact) mass is 252 g/mol. The number of amides is 2. The minimum atomic E-state index is -0.207. The summed E-state index contributed by atoms with van der Waals surface area (Å²) < 4.78 is 0. The number of hydrogen-bond acceptors (Lipinski definition) is 2. The highest BCUT2D eigenvalue weighted by Crippen LogP contribution is 2.46. The van der Waals surface area contributed by atoms with Gasteiger partial charge in [-0.05, 0) is 30.3 Å². The van der Waals surface area contributed by atoms with Crippen molar-refractivity contribution in [1.82, 2.24) is 10.6 Å². The van der Waals surface area contributed by atoms with Crippen LogP contribution in [0.4, 0.5) is 0 Å². The van der Waals surface area contributed by atoms with Gasteiger partial charge in [-0.3, -0.25) is 9.59 Å². The first kappa shape index (κ1) is 14.7. The van der Waals surface area contributed by atoms with Crippen molar-refractivity contribution in [1.29, 1.82) is 0 Å². The van der Waals surface area contributed by atoms with E-state index < -0.39 is 0 Å². The Morgan fingerprint density at radius 1 is 1.28 bits per heavy atom. The van der Waals surface area contributed by atoms with Crippen LogP contribution in [0.15, 0.2) is 12.7 Å². The van der Waals surface area contributed by atoms with E-state index in [1.807, 2.05) is 0 Å². The molecule has 0 aliphatic heterocycles. The van der Waals surface area contributed by atoms with E-state index in [9.17, 15) is 9.59 Å². The first-order valence-electron chi connectivity index (χ1n) is 6.51. The molecule has 1 aliphatic rings. The second kappa shape index (κ2) is 6.03. The fraction of sp³-hybridized carbons (Fsp3) is 0.714. The van der Waals surface area contributed by atoms with Crippen LogP contribution in [0.1, 0.15) is 33.6 Å². The zero-order valence-electron chi connectivity index (χ0n) is 11.6. The lowest BCUT2D eigenvalue weighted by molar-refractivity contribution is -0.123. The first-order chi connectivity index (χ1) is 8.33. The molecule has 0 aromatic rings. The summed E-state index contributed by atoms with van der Waals surface area (Å²) in [7, 11) is 0. The van der Waals surface area contributed by atoms with Gasteiger partial charge in [0.25, 0.3) is 0 Å². The van der Waals surface area contributed by atoms with E-state index in [0.717, 1.165) is 12.8 Å². The van der Waals surface area contributed by atoms with Crippen LogP contribution in [-0.4, -0.2) is 24.9 Å². The molecule has 1 fully saturated rings. The number of carbonyl (C=O) groups is 2. The third kappa shape index (κ3) is 5.34. The smallest absolute Gasteiger partial charge is 0.243 e. The van der Waals surface area contributed by atoms with Crippen molar-refractivity contribution >= 4 is 11.8 Å². The number of nitrogens with one attached hydrogen (secondary N) is 2. The van der Waals surface area contributed by atoms with Crippen LogP contribution in [0.5, 0.6) is 0 Å². The molecule has 2 N–H and O–H groups in total. The Kier molecular flexibility index (Phi) is 4.93. The Hall–Kier alpha value is -1.32. The molecule has 1 saturated carbocycles. The van der Waals surface area contributed by atoms with E-state index in [1.54, 1.807) is 0 Å². The molecule has 0 saturated heterocycles. The van der Waals surface area contributed by atoms with Crippen molar-refractivity contribution in [2.75, 3.05) is 13.1 Å². The maximum absolute atomic E-state index is 11.8.